The highest BCUT2D eigenvalue weighted by atomic mass is 35.5. The Morgan fingerprint density at radius 1 is 1.56 bits per heavy atom. The van der Waals surface area contributed by atoms with Crippen molar-refractivity contribution in [2.45, 2.75) is 26.3 Å². The van der Waals surface area contributed by atoms with Crippen molar-refractivity contribution in [2.75, 3.05) is 5.32 Å². The van der Waals surface area contributed by atoms with E-state index in [2.05, 4.69) is 10.3 Å². The number of pyridine rings is 1. The molecule has 1 heterocycles. The number of halogens is 1. The third-order valence-corrected chi connectivity index (χ3v) is 2.51. The molecule has 16 heavy (non-hydrogen) atoms. The van der Waals surface area contributed by atoms with E-state index in [1.54, 1.807) is 12.1 Å². The quantitative estimate of drug-likeness (QED) is 0.793. The lowest BCUT2D eigenvalue weighted by atomic mass is 10.0. The first kappa shape index (κ1) is 12.9. The van der Waals surface area contributed by atoms with E-state index in [0.29, 0.717) is 17.3 Å². The smallest absolute Gasteiger partial charge is 0.225 e. The number of hydrogen-bond donors (Lipinski definition) is 2. The zero-order chi connectivity index (χ0) is 12.1. The standard InChI is InChI=1S/C11H16ClN3O/c1-7(2)9(13)5-11(16)15-8-3-4-10(12)14-6-8/h3-4,6-7,9H,5,13H2,1-2H3,(H,15,16). The number of nitrogens with two attached hydrogens (primary N) is 1. The molecular weight excluding hydrogens is 226 g/mol. The average molecular weight is 242 g/mol. The molecule has 1 atom stereocenters. The highest BCUT2D eigenvalue weighted by Crippen LogP contribution is 2.11. The molecule has 0 saturated heterocycles. The molecule has 4 nitrogen and oxygen atoms in total. The first-order valence-corrected chi connectivity index (χ1v) is 5.54. The van der Waals surface area contributed by atoms with E-state index in [1.165, 1.54) is 6.20 Å². The van der Waals surface area contributed by atoms with Crippen molar-refractivity contribution in [2.24, 2.45) is 11.7 Å². The number of aromatic nitrogens is 1. The van der Waals surface area contributed by atoms with Gasteiger partial charge in [0.2, 0.25) is 5.91 Å². The lowest BCUT2D eigenvalue weighted by Crippen LogP contribution is -2.31. The average Bonchev–Trinajstić information content (AvgIpc) is 2.21. The number of carbonyl (C=O) groups excluding carboxylic acids is 1. The van der Waals surface area contributed by atoms with Gasteiger partial charge in [0.1, 0.15) is 5.15 Å². The van der Waals surface area contributed by atoms with E-state index in [1.807, 2.05) is 13.8 Å². The summed E-state index contributed by atoms with van der Waals surface area (Å²) in [4.78, 5) is 15.4. The van der Waals surface area contributed by atoms with Crippen LogP contribution < -0.4 is 11.1 Å². The highest BCUT2D eigenvalue weighted by Gasteiger charge is 2.12. The van der Waals surface area contributed by atoms with E-state index in [0.717, 1.165) is 0 Å². The summed E-state index contributed by atoms with van der Waals surface area (Å²) in [6, 6.07) is 3.20. The molecule has 0 aliphatic carbocycles. The molecule has 1 amide bonds. The van der Waals surface area contributed by atoms with Crippen molar-refractivity contribution < 1.29 is 4.79 Å². The lowest BCUT2D eigenvalue weighted by molar-refractivity contribution is -0.116. The summed E-state index contributed by atoms with van der Waals surface area (Å²) in [5.74, 6) is 0.180. The summed E-state index contributed by atoms with van der Waals surface area (Å²) in [6.45, 7) is 3.98. The molecular formula is C11H16ClN3O. The topological polar surface area (TPSA) is 68.0 Å². The van der Waals surface area contributed by atoms with Gasteiger partial charge in [-0.2, -0.15) is 0 Å². The van der Waals surface area contributed by atoms with Crippen LogP contribution in [0.5, 0.6) is 0 Å². The molecule has 0 spiro atoms. The normalized spacial score (nSPS) is 12.6. The monoisotopic (exact) mass is 241 g/mol. The fraction of sp³-hybridized carbons (Fsp3) is 0.455. The Labute approximate surface area is 100 Å². The molecule has 3 N–H and O–H groups in total. The lowest BCUT2D eigenvalue weighted by Gasteiger charge is -2.14. The van der Waals surface area contributed by atoms with Gasteiger partial charge in [-0.3, -0.25) is 4.79 Å². The molecule has 5 heteroatoms. The van der Waals surface area contributed by atoms with Crippen LogP contribution in [0.25, 0.3) is 0 Å². The molecule has 0 saturated carbocycles. The number of hydrogen-bond acceptors (Lipinski definition) is 3. The van der Waals surface area contributed by atoms with Gasteiger partial charge < -0.3 is 11.1 Å². The van der Waals surface area contributed by atoms with Crippen LogP contribution in [0.15, 0.2) is 18.3 Å². The predicted octanol–water partition coefficient (Wildman–Crippen LogP) is 2.05. The van der Waals surface area contributed by atoms with E-state index in [9.17, 15) is 4.79 Å². The number of amides is 1. The van der Waals surface area contributed by atoms with Crippen molar-refractivity contribution in [3.63, 3.8) is 0 Å². The van der Waals surface area contributed by atoms with Gasteiger partial charge in [0.25, 0.3) is 0 Å². The number of nitrogens with one attached hydrogen (secondary N) is 1. The van der Waals surface area contributed by atoms with Crippen molar-refractivity contribution in [1.82, 2.24) is 4.98 Å². The van der Waals surface area contributed by atoms with Crippen LogP contribution in [0.2, 0.25) is 5.15 Å². The van der Waals surface area contributed by atoms with Gasteiger partial charge in [-0.15, -0.1) is 0 Å². The second-order valence-electron chi connectivity index (χ2n) is 4.03. The van der Waals surface area contributed by atoms with Gasteiger partial charge in [-0.25, -0.2) is 4.98 Å². The largest absolute Gasteiger partial charge is 0.327 e. The zero-order valence-electron chi connectivity index (χ0n) is 9.40. The molecule has 1 unspecified atom stereocenters. The molecule has 1 rings (SSSR count). The van der Waals surface area contributed by atoms with Crippen molar-refractivity contribution >= 4 is 23.2 Å². The zero-order valence-corrected chi connectivity index (χ0v) is 10.2. The molecule has 1 aromatic heterocycles. The number of anilines is 1. The molecule has 0 aromatic carbocycles. The van der Waals surface area contributed by atoms with Crippen LogP contribution in [0, 0.1) is 5.92 Å². The van der Waals surface area contributed by atoms with E-state index < -0.39 is 0 Å². The Kier molecular flexibility index (Phi) is 4.71. The predicted molar refractivity (Wildman–Crippen MR) is 65.3 cm³/mol. The minimum Gasteiger partial charge on any atom is -0.327 e. The van der Waals surface area contributed by atoms with Gasteiger partial charge >= 0.3 is 0 Å². The first-order valence-electron chi connectivity index (χ1n) is 5.16. The molecule has 0 bridgehead atoms. The number of carbonyl (C=O) groups is 1. The molecule has 0 aliphatic heterocycles. The van der Waals surface area contributed by atoms with Gasteiger partial charge in [-0.1, -0.05) is 25.4 Å². The Balaban J connectivity index is 2.48. The molecule has 1 aromatic rings. The summed E-state index contributed by atoms with van der Waals surface area (Å²) in [5, 5.41) is 3.11. The fourth-order valence-electron chi connectivity index (χ4n) is 1.11. The molecule has 0 radical (unpaired) electrons. The third kappa shape index (κ3) is 4.16. The second kappa shape index (κ2) is 5.82. The van der Waals surface area contributed by atoms with Gasteiger partial charge in [0.05, 0.1) is 11.9 Å². The number of rotatable bonds is 4. The SMILES string of the molecule is CC(C)C(N)CC(=O)Nc1ccc(Cl)nc1. The maximum atomic E-state index is 11.6. The van der Waals surface area contributed by atoms with Gasteiger partial charge in [0.15, 0.2) is 0 Å². The Hall–Kier alpha value is -1.13. The van der Waals surface area contributed by atoms with Crippen molar-refractivity contribution in [3.8, 4) is 0 Å². The summed E-state index contributed by atoms with van der Waals surface area (Å²) in [6.07, 6.45) is 1.82. The van der Waals surface area contributed by atoms with Crippen LogP contribution in [0.1, 0.15) is 20.3 Å². The third-order valence-electron chi connectivity index (χ3n) is 2.29. The molecule has 88 valence electrons. The molecule has 0 aliphatic rings. The van der Waals surface area contributed by atoms with Crippen LogP contribution in [-0.2, 0) is 4.79 Å². The van der Waals surface area contributed by atoms with E-state index in [4.69, 9.17) is 17.3 Å². The fourth-order valence-corrected chi connectivity index (χ4v) is 1.22. The summed E-state index contributed by atoms with van der Waals surface area (Å²) in [5.41, 5.74) is 6.43. The Bertz CT molecular complexity index is 351. The number of nitrogens with zero attached hydrogens (tertiary/aromatic N) is 1. The molecule has 0 fully saturated rings. The maximum absolute atomic E-state index is 11.6. The minimum absolute atomic E-state index is 0.106. The Morgan fingerprint density at radius 2 is 2.25 bits per heavy atom. The summed E-state index contributed by atoms with van der Waals surface area (Å²) >= 11 is 5.63. The maximum Gasteiger partial charge on any atom is 0.225 e. The van der Waals surface area contributed by atoms with Gasteiger partial charge in [0, 0.05) is 12.5 Å². The minimum atomic E-state index is -0.125. The van der Waals surface area contributed by atoms with Crippen LogP contribution in [0.3, 0.4) is 0 Å². The first-order chi connectivity index (χ1) is 7.49. The van der Waals surface area contributed by atoms with E-state index >= 15 is 0 Å². The highest BCUT2D eigenvalue weighted by molar-refractivity contribution is 6.29. The summed E-state index contributed by atoms with van der Waals surface area (Å²) < 4.78 is 0. The second-order valence-corrected chi connectivity index (χ2v) is 4.42. The van der Waals surface area contributed by atoms with Crippen molar-refractivity contribution in [1.29, 1.82) is 0 Å². The van der Waals surface area contributed by atoms with E-state index in [-0.39, 0.29) is 17.9 Å². The van der Waals surface area contributed by atoms with Crippen molar-refractivity contribution in [3.05, 3.63) is 23.5 Å². The van der Waals surface area contributed by atoms with Crippen LogP contribution >= 0.6 is 11.6 Å². The van der Waals surface area contributed by atoms with Crippen LogP contribution in [-0.4, -0.2) is 16.9 Å². The van der Waals surface area contributed by atoms with Crippen LogP contribution in [0.4, 0.5) is 5.69 Å². The summed E-state index contributed by atoms with van der Waals surface area (Å²) in [7, 11) is 0. The Morgan fingerprint density at radius 3 is 2.75 bits per heavy atom. The van der Waals surface area contributed by atoms with Gasteiger partial charge in [-0.05, 0) is 18.1 Å².